The molecule has 0 fully saturated rings. The first-order chi connectivity index (χ1) is 7.67. The Balaban J connectivity index is 2.86. The zero-order valence-corrected chi connectivity index (χ0v) is 10.00. The SMILES string of the molecule is COc1ccc2c(C)nc(C)cc2c1OC. The summed E-state index contributed by atoms with van der Waals surface area (Å²) in [6, 6.07) is 5.94. The number of benzene rings is 1. The Morgan fingerprint density at radius 1 is 1.00 bits per heavy atom. The maximum absolute atomic E-state index is 5.41. The summed E-state index contributed by atoms with van der Waals surface area (Å²) < 4.78 is 10.7. The molecule has 1 heterocycles. The second-order valence-electron chi connectivity index (χ2n) is 3.75. The molecule has 0 amide bonds. The van der Waals surface area contributed by atoms with Gasteiger partial charge in [-0.3, -0.25) is 4.98 Å². The fraction of sp³-hybridized carbons (Fsp3) is 0.308. The van der Waals surface area contributed by atoms with E-state index in [1.54, 1.807) is 14.2 Å². The molecule has 84 valence electrons. The maximum Gasteiger partial charge on any atom is 0.168 e. The highest BCUT2D eigenvalue weighted by Gasteiger charge is 2.10. The third kappa shape index (κ3) is 1.58. The average molecular weight is 217 g/mol. The number of aryl methyl sites for hydroxylation is 2. The van der Waals surface area contributed by atoms with Crippen molar-refractivity contribution in [3.63, 3.8) is 0 Å². The maximum atomic E-state index is 5.41. The fourth-order valence-corrected chi connectivity index (χ4v) is 1.98. The summed E-state index contributed by atoms with van der Waals surface area (Å²) in [7, 11) is 3.30. The predicted octanol–water partition coefficient (Wildman–Crippen LogP) is 2.87. The molecule has 1 aromatic carbocycles. The van der Waals surface area contributed by atoms with Crippen molar-refractivity contribution in [3.05, 3.63) is 29.6 Å². The first-order valence-corrected chi connectivity index (χ1v) is 5.16. The second-order valence-corrected chi connectivity index (χ2v) is 3.75. The third-order valence-electron chi connectivity index (χ3n) is 2.67. The zero-order chi connectivity index (χ0) is 11.7. The topological polar surface area (TPSA) is 31.4 Å². The molecule has 0 aliphatic heterocycles. The number of pyridine rings is 1. The van der Waals surface area contributed by atoms with E-state index < -0.39 is 0 Å². The molecule has 0 unspecified atom stereocenters. The lowest BCUT2D eigenvalue weighted by atomic mass is 10.1. The lowest BCUT2D eigenvalue weighted by Gasteiger charge is -2.12. The van der Waals surface area contributed by atoms with Crippen LogP contribution in [0.2, 0.25) is 0 Å². The number of hydrogen-bond donors (Lipinski definition) is 0. The molecule has 0 atom stereocenters. The van der Waals surface area contributed by atoms with Gasteiger partial charge in [-0.25, -0.2) is 0 Å². The van der Waals surface area contributed by atoms with Crippen LogP contribution in [-0.4, -0.2) is 19.2 Å². The molecule has 0 N–H and O–H groups in total. The van der Waals surface area contributed by atoms with E-state index in [4.69, 9.17) is 9.47 Å². The molecule has 0 bridgehead atoms. The summed E-state index contributed by atoms with van der Waals surface area (Å²) in [4.78, 5) is 4.44. The van der Waals surface area contributed by atoms with Crippen molar-refractivity contribution in [3.8, 4) is 11.5 Å². The summed E-state index contributed by atoms with van der Waals surface area (Å²) >= 11 is 0. The van der Waals surface area contributed by atoms with Gasteiger partial charge in [0.15, 0.2) is 11.5 Å². The number of hydrogen-bond acceptors (Lipinski definition) is 3. The Kier molecular flexibility index (Phi) is 2.69. The Hall–Kier alpha value is -1.77. The Labute approximate surface area is 95.0 Å². The van der Waals surface area contributed by atoms with E-state index >= 15 is 0 Å². The summed E-state index contributed by atoms with van der Waals surface area (Å²) in [5.74, 6) is 1.52. The van der Waals surface area contributed by atoms with Crippen LogP contribution in [0.4, 0.5) is 0 Å². The molecular weight excluding hydrogens is 202 g/mol. The highest BCUT2D eigenvalue weighted by molar-refractivity contribution is 5.92. The molecule has 2 aromatic rings. The summed E-state index contributed by atoms with van der Waals surface area (Å²) in [6.07, 6.45) is 0. The van der Waals surface area contributed by atoms with E-state index in [1.165, 1.54) is 0 Å². The highest BCUT2D eigenvalue weighted by atomic mass is 16.5. The number of aromatic nitrogens is 1. The molecule has 0 aliphatic rings. The van der Waals surface area contributed by atoms with E-state index in [9.17, 15) is 0 Å². The van der Waals surface area contributed by atoms with E-state index in [0.717, 1.165) is 33.7 Å². The monoisotopic (exact) mass is 217 g/mol. The van der Waals surface area contributed by atoms with Gasteiger partial charge in [0.25, 0.3) is 0 Å². The van der Waals surface area contributed by atoms with Crippen LogP contribution in [0.1, 0.15) is 11.4 Å². The van der Waals surface area contributed by atoms with Gasteiger partial charge >= 0.3 is 0 Å². The van der Waals surface area contributed by atoms with Crippen LogP contribution in [0.15, 0.2) is 18.2 Å². The van der Waals surface area contributed by atoms with Crippen molar-refractivity contribution in [1.29, 1.82) is 0 Å². The van der Waals surface area contributed by atoms with Gasteiger partial charge in [-0.1, -0.05) is 0 Å². The second kappa shape index (κ2) is 4.00. The zero-order valence-electron chi connectivity index (χ0n) is 10.00. The largest absolute Gasteiger partial charge is 0.493 e. The minimum Gasteiger partial charge on any atom is -0.493 e. The lowest BCUT2D eigenvalue weighted by molar-refractivity contribution is 0.358. The van der Waals surface area contributed by atoms with Gasteiger partial charge in [0.2, 0.25) is 0 Å². The molecule has 0 aliphatic carbocycles. The van der Waals surface area contributed by atoms with Crippen LogP contribution in [0.3, 0.4) is 0 Å². The Morgan fingerprint density at radius 3 is 2.38 bits per heavy atom. The molecule has 0 saturated heterocycles. The van der Waals surface area contributed by atoms with Crippen molar-refractivity contribution in [1.82, 2.24) is 4.98 Å². The van der Waals surface area contributed by atoms with Crippen LogP contribution in [0.25, 0.3) is 10.8 Å². The van der Waals surface area contributed by atoms with Crippen molar-refractivity contribution in [2.75, 3.05) is 14.2 Å². The van der Waals surface area contributed by atoms with Crippen LogP contribution in [0, 0.1) is 13.8 Å². The lowest BCUT2D eigenvalue weighted by Crippen LogP contribution is -1.94. The van der Waals surface area contributed by atoms with Crippen molar-refractivity contribution in [2.24, 2.45) is 0 Å². The van der Waals surface area contributed by atoms with Crippen molar-refractivity contribution < 1.29 is 9.47 Å². The van der Waals surface area contributed by atoms with Crippen molar-refractivity contribution in [2.45, 2.75) is 13.8 Å². The average Bonchev–Trinajstić information content (AvgIpc) is 2.27. The summed E-state index contributed by atoms with van der Waals surface area (Å²) in [5.41, 5.74) is 1.99. The predicted molar refractivity (Wildman–Crippen MR) is 64.3 cm³/mol. The highest BCUT2D eigenvalue weighted by Crippen LogP contribution is 2.36. The first-order valence-electron chi connectivity index (χ1n) is 5.16. The van der Waals surface area contributed by atoms with Gasteiger partial charge in [0.05, 0.1) is 14.2 Å². The van der Waals surface area contributed by atoms with Gasteiger partial charge in [0, 0.05) is 22.2 Å². The molecule has 3 heteroatoms. The number of ether oxygens (including phenoxy) is 2. The van der Waals surface area contributed by atoms with E-state index in [2.05, 4.69) is 4.98 Å². The Morgan fingerprint density at radius 2 is 1.75 bits per heavy atom. The normalized spacial score (nSPS) is 10.5. The fourth-order valence-electron chi connectivity index (χ4n) is 1.98. The molecular formula is C13H15NO2. The summed E-state index contributed by atoms with van der Waals surface area (Å²) in [5, 5.41) is 2.15. The van der Waals surface area contributed by atoms with Gasteiger partial charge in [0.1, 0.15) is 0 Å². The molecule has 0 radical (unpaired) electrons. The van der Waals surface area contributed by atoms with E-state index in [1.807, 2.05) is 32.0 Å². The first kappa shape index (κ1) is 10.7. The molecule has 0 spiro atoms. The quantitative estimate of drug-likeness (QED) is 0.775. The molecule has 1 aromatic heterocycles. The van der Waals surface area contributed by atoms with Crippen LogP contribution in [0.5, 0.6) is 11.5 Å². The van der Waals surface area contributed by atoms with Gasteiger partial charge in [-0.15, -0.1) is 0 Å². The molecule has 16 heavy (non-hydrogen) atoms. The number of methoxy groups -OCH3 is 2. The van der Waals surface area contributed by atoms with E-state index in [0.29, 0.717) is 0 Å². The number of rotatable bonds is 2. The van der Waals surface area contributed by atoms with Gasteiger partial charge < -0.3 is 9.47 Å². The molecule has 3 nitrogen and oxygen atoms in total. The number of nitrogens with zero attached hydrogens (tertiary/aromatic N) is 1. The van der Waals surface area contributed by atoms with Crippen LogP contribution in [-0.2, 0) is 0 Å². The molecule has 0 saturated carbocycles. The minimum absolute atomic E-state index is 0.750. The van der Waals surface area contributed by atoms with E-state index in [-0.39, 0.29) is 0 Å². The summed E-state index contributed by atoms with van der Waals surface area (Å²) in [6.45, 7) is 3.98. The smallest absolute Gasteiger partial charge is 0.168 e. The minimum atomic E-state index is 0.750. The van der Waals surface area contributed by atoms with Crippen molar-refractivity contribution >= 4 is 10.8 Å². The standard InChI is InChI=1S/C13H15NO2/c1-8-7-11-10(9(2)14-8)5-6-12(15-3)13(11)16-4/h5-7H,1-4H3. The Bertz CT molecular complexity index is 535. The number of fused-ring (bicyclic) bond motifs is 1. The van der Waals surface area contributed by atoms with Gasteiger partial charge in [-0.2, -0.15) is 0 Å². The third-order valence-corrected chi connectivity index (χ3v) is 2.67. The van der Waals surface area contributed by atoms with Crippen LogP contribution >= 0.6 is 0 Å². The van der Waals surface area contributed by atoms with Crippen LogP contribution < -0.4 is 9.47 Å². The van der Waals surface area contributed by atoms with Gasteiger partial charge in [-0.05, 0) is 32.0 Å². The molecule has 2 rings (SSSR count).